The third-order valence-electron chi connectivity index (χ3n) is 2.63. The average Bonchev–Trinajstić information content (AvgIpc) is 2.80. The summed E-state index contributed by atoms with van der Waals surface area (Å²) in [7, 11) is 0. The van der Waals surface area contributed by atoms with Crippen molar-refractivity contribution < 1.29 is 4.74 Å². The van der Waals surface area contributed by atoms with Crippen LogP contribution < -0.4 is 10.1 Å². The number of nitrogens with one attached hydrogen (secondary N) is 1. The van der Waals surface area contributed by atoms with Gasteiger partial charge in [-0.05, 0) is 37.2 Å². The van der Waals surface area contributed by atoms with Gasteiger partial charge in [-0.15, -0.1) is 0 Å². The standard InChI is InChI=1S/C12H14N2O/c13-7-10-1-3-12(4-2-10)15-9-11-5-6-14-8-11/h1-4,11,14H,5-6,8-9H2/t11-/m0/s1. The van der Waals surface area contributed by atoms with Crippen LogP contribution in [0, 0.1) is 17.2 Å². The minimum atomic E-state index is 0.626. The molecule has 0 bridgehead atoms. The largest absolute Gasteiger partial charge is 0.493 e. The molecule has 3 nitrogen and oxygen atoms in total. The first-order chi connectivity index (χ1) is 7.38. The van der Waals surface area contributed by atoms with Gasteiger partial charge in [0.05, 0.1) is 18.2 Å². The molecule has 1 aliphatic rings. The summed E-state index contributed by atoms with van der Waals surface area (Å²) in [5.41, 5.74) is 0.671. The molecule has 1 atom stereocenters. The summed E-state index contributed by atoms with van der Waals surface area (Å²) < 4.78 is 5.64. The predicted octanol–water partition coefficient (Wildman–Crippen LogP) is 1.55. The number of hydrogen-bond donors (Lipinski definition) is 1. The van der Waals surface area contributed by atoms with E-state index in [0.717, 1.165) is 25.4 Å². The molecule has 78 valence electrons. The summed E-state index contributed by atoms with van der Waals surface area (Å²) in [6.07, 6.45) is 1.19. The summed E-state index contributed by atoms with van der Waals surface area (Å²) in [5.74, 6) is 1.47. The quantitative estimate of drug-likeness (QED) is 0.808. The van der Waals surface area contributed by atoms with E-state index in [1.165, 1.54) is 6.42 Å². The summed E-state index contributed by atoms with van der Waals surface area (Å²) >= 11 is 0. The van der Waals surface area contributed by atoms with Crippen molar-refractivity contribution >= 4 is 0 Å². The maximum atomic E-state index is 8.63. The van der Waals surface area contributed by atoms with Crippen molar-refractivity contribution in [1.82, 2.24) is 5.32 Å². The zero-order chi connectivity index (χ0) is 10.5. The van der Waals surface area contributed by atoms with Crippen LogP contribution in [0.25, 0.3) is 0 Å². The lowest BCUT2D eigenvalue weighted by atomic mass is 10.1. The molecule has 1 fully saturated rings. The van der Waals surface area contributed by atoms with Crippen molar-refractivity contribution in [3.05, 3.63) is 29.8 Å². The summed E-state index contributed by atoms with van der Waals surface area (Å²) in [4.78, 5) is 0. The second-order valence-electron chi connectivity index (χ2n) is 3.81. The van der Waals surface area contributed by atoms with Crippen LogP contribution in [0.4, 0.5) is 0 Å². The molecule has 0 unspecified atom stereocenters. The molecule has 1 aromatic rings. The van der Waals surface area contributed by atoms with Crippen LogP contribution in [-0.4, -0.2) is 19.7 Å². The molecule has 15 heavy (non-hydrogen) atoms. The molecule has 0 spiro atoms. The highest BCUT2D eigenvalue weighted by Crippen LogP contribution is 2.14. The topological polar surface area (TPSA) is 45.0 Å². The van der Waals surface area contributed by atoms with Gasteiger partial charge in [-0.2, -0.15) is 5.26 Å². The van der Waals surface area contributed by atoms with E-state index in [0.29, 0.717) is 11.5 Å². The molecule has 1 heterocycles. The average molecular weight is 202 g/mol. The minimum absolute atomic E-state index is 0.626. The van der Waals surface area contributed by atoms with Crippen molar-refractivity contribution in [3.63, 3.8) is 0 Å². The second-order valence-corrected chi connectivity index (χ2v) is 3.81. The Morgan fingerprint density at radius 2 is 2.20 bits per heavy atom. The third-order valence-corrected chi connectivity index (χ3v) is 2.63. The lowest BCUT2D eigenvalue weighted by Gasteiger charge is -2.10. The highest BCUT2D eigenvalue weighted by atomic mass is 16.5. The SMILES string of the molecule is N#Cc1ccc(OC[C@H]2CCNC2)cc1. The summed E-state index contributed by atoms with van der Waals surface area (Å²) in [6, 6.07) is 9.34. The molecule has 1 N–H and O–H groups in total. The molecule has 0 aromatic heterocycles. The fraction of sp³-hybridized carbons (Fsp3) is 0.417. The predicted molar refractivity (Wildman–Crippen MR) is 57.6 cm³/mol. The van der Waals surface area contributed by atoms with Crippen molar-refractivity contribution in [2.45, 2.75) is 6.42 Å². The second kappa shape index (κ2) is 4.81. The Morgan fingerprint density at radius 3 is 2.80 bits per heavy atom. The van der Waals surface area contributed by atoms with Gasteiger partial charge in [-0.25, -0.2) is 0 Å². The molecule has 1 aliphatic heterocycles. The Balaban J connectivity index is 1.85. The summed E-state index contributed by atoms with van der Waals surface area (Å²) in [6.45, 7) is 2.91. The first-order valence-electron chi connectivity index (χ1n) is 5.22. The highest BCUT2D eigenvalue weighted by molar-refractivity contribution is 5.34. The van der Waals surface area contributed by atoms with Gasteiger partial charge in [-0.1, -0.05) is 0 Å². The minimum Gasteiger partial charge on any atom is -0.493 e. The maximum Gasteiger partial charge on any atom is 0.119 e. The van der Waals surface area contributed by atoms with Gasteiger partial charge in [0.2, 0.25) is 0 Å². The van der Waals surface area contributed by atoms with E-state index >= 15 is 0 Å². The van der Waals surface area contributed by atoms with E-state index in [1.54, 1.807) is 12.1 Å². The fourth-order valence-corrected chi connectivity index (χ4v) is 1.70. The van der Waals surface area contributed by atoms with Crippen molar-refractivity contribution in [1.29, 1.82) is 5.26 Å². The van der Waals surface area contributed by atoms with E-state index in [4.69, 9.17) is 10.00 Å². The van der Waals surface area contributed by atoms with Gasteiger partial charge < -0.3 is 10.1 Å². The Bertz CT molecular complexity index is 347. The number of hydrogen-bond acceptors (Lipinski definition) is 3. The Kier molecular flexibility index (Phi) is 3.21. The van der Waals surface area contributed by atoms with Crippen molar-refractivity contribution in [2.24, 2.45) is 5.92 Å². The molecule has 1 saturated heterocycles. The van der Waals surface area contributed by atoms with Gasteiger partial charge in [0, 0.05) is 12.5 Å². The Labute approximate surface area is 89.7 Å². The van der Waals surface area contributed by atoms with Crippen LogP contribution in [0.15, 0.2) is 24.3 Å². The van der Waals surface area contributed by atoms with Gasteiger partial charge >= 0.3 is 0 Å². The van der Waals surface area contributed by atoms with Crippen molar-refractivity contribution in [3.8, 4) is 11.8 Å². The van der Waals surface area contributed by atoms with E-state index in [2.05, 4.69) is 11.4 Å². The smallest absolute Gasteiger partial charge is 0.119 e. The fourth-order valence-electron chi connectivity index (χ4n) is 1.70. The normalized spacial score (nSPS) is 19.8. The van der Waals surface area contributed by atoms with Gasteiger partial charge in [-0.3, -0.25) is 0 Å². The van der Waals surface area contributed by atoms with Crippen LogP contribution in [0.5, 0.6) is 5.75 Å². The lowest BCUT2D eigenvalue weighted by molar-refractivity contribution is 0.260. The van der Waals surface area contributed by atoms with Crippen LogP contribution in [0.1, 0.15) is 12.0 Å². The molecular formula is C12H14N2O. The van der Waals surface area contributed by atoms with E-state index in [1.807, 2.05) is 12.1 Å². The van der Waals surface area contributed by atoms with Gasteiger partial charge in [0.15, 0.2) is 0 Å². The molecule has 3 heteroatoms. The molecule has 2 rings (SSSR count). The Hall–Kier alpha value is -1.53. The van der Waals surface area contributed by atoms with Crippen LogP contribution >= 0.6 is 0 Å². The monoisotopic (exact) mass is 202 g/mol. The van der Waals surface area contributed by atoms with Gasteiger partial charge in [0.1, 0.15) is 5.75 Å². The lowest BCUT2D eigenvalue weighted by Crippen LogP contribution is -2.15. The molecule has 0 aliphatic carbocycles. The number of nitriles is 1. The van der Waals surface area contributed by atoms with Crippen molar-refractivity contribution in [2.75, 3.05) is 19.7 Å². The molecular weight excluding hydrogens is 188 g/mol. The molecule has 0 amide bonds. The van der Waals surface area contributed by atoms with Crippen LogP contribution in [-0.2, 0) is 0 Å². The summed E-state index contributed by atoms with van der Waals surface area (Å²) in [5, 5.41) is 11.9. The first kappa shape index (κ1) is 10.0. The number of ether oxygens (including phenoxy) is 1. The number of nitrogens with zero attached hydrogens (tertiary/aromatic N) is 1. The first-order valence-corrected chi connectivity index (χ1v) is 5.22. The molecule has 0 radical (unpaired) electrons. The number of benzene rings is 1. The Morgan fingerprint density at radius 1 is 1.40 bits per heavy atom. The zero-order valence-electron chi connectivity index (χ0n) is 8.57. The zero-order valence-corrected chi connectivity index (χ0v) is 8.57. The maximum absolute atomic E-state index is 8.63. The third kappa shape index (κ3) is 2.71. The number of rotatable bonds is 3. The van der Waals surface area contributed by atoms with E-state index in [-0.39, 0.29) is 0 Å². The van der Waals surface area contributed by atoms with E-state index in [9.17, 15) is 0 Å². The van der Waals surface area contributed by atoms with E-state index < -0.39 is 0 Å². The van der Waals surface area contributed by atoms with Gasteiger partial charge in [0.25, 0.3) is 0 Å². The highest BCUT2D eigenvalue weighted by Gasteiger charge is 2.14. The molecule has 1 aromatic carbocycles. The molecule has 0 saturated carbocycles. The van der Waals surface area contributed by atoms with Crippen LogP contribution in [0.3, 0.4) is 0 Å². The van der Waals surface area contributed by atoms with Crippen LogP contribution in [0.2, 0.25) is 0 Å².